The summed E-state index contributed by atoms with van der Waals surface area (Å²) in [6.07, 6.45) is 2.06. The van der Waals surface area contributed by atoms with E-state index >= 15 is 0 Å². The zero-order chi connectivity index (χ0) is 16.5. The molecular formula is C17H25NO4. The number of hydrogen-bond donors (Lipinski definition) is 0. The van der Waals surface area contributed by atoms with E-state index < -0.39 is 12.1 Å². The molecule has 5 nitrogen and oxygen atoms in total. The third-order valence-corrected chi connectivity index (χ3v) is 3.52. The molecule has 0 spiro atoms. The van der Waals surface area contributed by atoms with Crippen molar-refractivity contribution in [3.05, 3.63) is 29.8 Å². The summed E-state index contributed by atoms with van der Waals surface area (Å²) < 4.78 is 10.3. The van der Waals surface area contributed by atoms with Gasteiger partial charge in [0.15, 0.2) is 5.78 Å². The topological polar surface area (TPSA) is 55.8 Å². The Hall–Kier alpha value is -2.04. The molecule has 1 aromatic rings. The largest absolute Gasteiger partial charge is 0.494 e. The van der Waals surface area contributed by atoms with Crippen LogP contribution in [0.1, 0.15) is 32.3 Å². The zero-order valence-corrected chi connectivity index (χ0v) is 13.8. The number of hydrogen-bond acceptors (Lipinski definition) is 4. The lowest BCUT2D eigenvalue weighted by molar-refractivity contribution is -0.121. The van der Waals surface area contributed by atoms with E-state index in [-0.39, 0.29) is 5.78 Å². The number of carbonyl (C=O) groups is 2. The Labute approximate surface area is 132 Å². The molecule has 22 heavy (non-hydrogen) atoms. The average molecular weight is 307 g/mol. The lowest BCUT2D eigenvalue weighted by atomic mass is 10.0. The predicted molar refractivity (Wildman–Crippen MR) is 85.2 cm³/mol. The van der Waals surface area contributed by atoms with Gasteiger partial charge in [-0.05, 0) is 31.0 Å². The Morgan fingerprint density at radius 3 is 2.36 bits per heavy atom. The van der Waals surface area contributed by atoms with E-state index in [1.54, 1.807) is 7.05 Å². The highest BCUT2D eigenvalue weighted by Gasteiger charge is 2.24. The van der Waals surface area contributed by atoms with E-state index in [4.69, 9.17) is 4.74 Å². The van der Waals surface area contributed by atoms with Gasteiger partial charge in [0.25, 0.3) is 0 Å². The molecule has 0 bridgehead atoms. The van der Waals surface area contributed by atoms with E-state index in [0.29, 0.717) is 13.0 Å². The number of likely N-dealkylation sites (N-methyl/N-ethyl adjacent to an activating group) is 1. The molecule has 0 saturated heterocycles. The van der Waals surface area contributed by atoms with Crippen molar-refractivity contribution < 1.29 is 19.1 Å². The second-order valence-electron chi connectivity index (χ2n) is 5.26. The van der Waals surface area contributed by atoms with Gasteiger partial charge in [-0.3, -0.25) is 4.79 Å². The first-order valence-electron chi connectivity index (χ1n) is 7.52. The van der Waals surface area contributed by atoms with Crippen molar-refractivity contribution >= 4 is 11.9 Å². The van der Waals surface area contributed by atoms with Gasteiger partial charge in [-0.15, -0.1) is 0 Å². The highest BCUT2D eigenvalue weighted by molar-refractivity contribution is 5.85. The Bertz CT molecular complexity index is 484. The highest BCUT2D eigenvalue weighted by Crippen LogP contribution is 2.16. The number of unbranched alkanes of at least 4 members (excludes halogenated alkanes) is 1. The van der Waals surface area contributed by atoms with E-state index in [2.05, 4.69) is 11.7 Å². The maximum atomic E-state index is 11.8. The van der Waals surface area contributed by atoms with Crippen LogP contribution in [0.5, 0.6) is 5.75 Å². The van der Waals surface area contributed by atoms with Crippen LogP contribution in [0.3, 0.4) is 0 Å². The van der Waals surface area contributed by atoms with Crippen molar-refractivity contribution in [3.63, 3.8) is 0 Å². The van der Waals surface area contributed by atoms with Crippen LogP contribution < -0.4 is 4.74 Å². The van der Waals surface area contributed by atoms with Crippen LogP contribution >= 0.6 is 0 Å². The van der Waals surface area contributed by atoms with E-state index in [9.17, 15) is 9.59 Å². The number of rotatable bonds is 8. The summed E-state index contributed by atoms with van der Waals surface area (Å²) in [6, 6.07) is 7.09. The molecule has 0 radical (unpaired) electrons. The molecule has 1 unspecified atom stereocenters. The fraction of sp³-hybridized carbons (Fsp3) is 0.529. The fourth-order valence-electron chi connectivity index (χ4n) is 2.10. The van der Waals surface area contributed by atoms with E-state index in [1.807, 2.05) is 24.3 Å². The van der Waals surface area contributed by atoms with Gasteiger partial charge in [-0.25, -0.2) is 4.79 Å². The Morgan fingerprint density at radius 2 is 1.86 bits per heavy atom. The first kappa shape index (κ1) is 18.0. The number of nitrogens with zero attached hydrogens (tertiary/aromatic N) is 1. The third kappa shape index (κ3) is 5.39. The first-order valence-corrected chi connectivity index (χ1v) is 7.52. The molecule has 0 aliphatic heterocycles. The van der Waals surface area contributed by atoms with Crippen LogP contribution in [-0.2, 0) is 16.0 Å². The lowest BCUT2D eigenvalue weighted by Gasteiger charge is -2.24. The van der Waals surface area contributed by atoms with Gasteiger partial charge < -0.3 is 14.4 Å². The minimum absolute atomic E-state index is 0.0730. The van der Waals surface area contributed by atoms with Crippen molar-refractivity contribution in [1.82, 2.24) is 4.90 Å². The minimum Gasteiger partial charge on any atom is -0.494 e. The summed E-state index contributed by atoms with van der Waals surface area (Å²) in [5.74, 6) is 0.745. The molecule has 1 atom stereocenters. The van der Waals surface area contributed by atoms with E-state index in [0.717, 1.165) is 24.2 Å². The summed E-state index contributed by atoms with van der Waals surface area (Å²) in [5.41, 5.74) is 0.971. The number of methoxy groups -OCH3 is 1. The molecule has 122 valence electrons. The van der Waals surface area contributed by atoms with Gasteiger partial charge in [0.05, 0.1) is 19.8 Å². The van der Waals surface area contributed by atoms with Gasteiger partial charge in [0.1, 0.15) is 5.75 Å². The number of ketones is 1. The molecule has 0 N–H and O–H groups in total. The summed E-state index contributed by atoms with van der Waals surface area (Å²) in [4.78, 5) is 24.7. The van der Waals surface area contributed by atoms with Crippen LogP contribution in [0.15, 0.2) is 24.3 Å². The Morgan fingerprint density at radius 1 is 1.23 bits per heavy atom. The molecule has 0 fully saturated rings. The second-order valence-corrected chi connectivity index (χ2v) is 5.26. The van der Waals surface area contributed by atoms with Crippen LogP contribution in [-0.4, -0.2) is 43.6 Å². The van der Waals surface area contributed by atoms with Gasteiger partial charge in [0, 0.05) is 13.5 Å². The summed E-state index contributed by atoms with van der Waals surface area (Å²) in [7, 11) is 2.87. The van der Waals surface area contributed by atoms with Crippen molar-refractivity contribution in [3.8, 4) is 5.75 Å². The van der Waals surface area contributed by atoms with Crippen molar-refractivity contribution in [2.45, 2.75) is 39.2 Å². The molecule has 0 aromatic heterocycles. The molecule has 1 rings (SSSR count). The van der Waals surface area contributed by atoms with Crippen LogP contribution in [0.2, 0.25) is 0 Å². The summed E-state index contributed by atoms with van der Waals surface area (Å²) in [5, 5.41) is 0. The van der Waals surface area contributed by atoms with Gasteiger partial charge in [-0.1, -0.05) is 25.5 Å². The number of Topliss-reactive ketones (excluding diaryl/α,β-unsaturated/α-hetero) is 1. The quantitative estimate of drug-likeness (QED) is 0.693. The fourth-order valence-corrected chi connectivity index (χ4v) is 2.10. The molecular weight excluding hydrogens is 282 g/mol. The molecule has 0 heterocycles. The van der Waals surface area contributed by atoms with Crippen molar-refractivity contribution in [2.24, 2.45) is 0 Å². The van der Waals surface area contributed by atoms with Gasteiger partial charge in [0.2, 0.25) is 0 Å². The molecule has 1 amide bonds. The maximum absolute atomic E-state index is 11.8. The molecule has 0 aliphatic rings. The normalized spacial score (nSPS) is 11.6. The highest BCUT2D eigenvalue weighted by atomic mass is 16.5. The number of amides is 1. The monoisotopic (exact) mass is 307 g/mol. The first-order chi connectivity index (χ1) is 10.5. The smallest absolute Gasteiger partial charge is 0.409 e. The predicted octanol–water partition coefficient (Wildman–Crippen LogP) is 3.06. The zero-order valence-electron chi connectivity index (χ0n) is 13.8. The molecule has 0 saturated carbocycles. The maximum Gasteiger partial charge on any atom is 0.409 e. The Balaban J connectivity index is 2.70. The second kappa shape index (κ2) is 9.07. The van der Waals surface area contributed by atoms with Crippen LogP contribution in [0, 0.1) is 0 Å². The molecule has 5 heteroatoms. The van der Waals surface area contributed by atoms with Gasteiger partial charge >= 0.3 is 6.09 Å². The standard InChI is InChI=1S/C17H25NO4/c1-5-6-11-22-15-9-7-14(8-10-15)12-16(13(2)19)18(3)17(20)21-4/h7-10,16H,5-6,11-12H2,1-4H3. The average Bonchev–Trinajstić information content (AvgIpc) is 2.52. The van der Waals surface area contributed by atoms with E-state index in [1.165, 1.54) is 18.9 Å². The molecule has 0 aliphatic carbocycles. The third-order valence-electron chi connectivity index (χ3n) is 3.52. The minimum atomic E-state index is -0.528. The lowest BCUT2D eigenvalue weighted by Crippen LogP contribution is -2.42. The number of carbonyl (C=O) groups excluding carboxylic acids is 2. The molecule has 1 aromatic carbocycles. The summed E-state index contributed by atoms with van der Waals surface area (Å²) >= 11 is 0. The Kier molecular flexibility index (Phi) is 7.43. The van der Waals surface area contributed by atoms with Crippen LogP contribution in [0.25, 0.3) is 0 Å². The number of benzene rings is 1. The van der Waals surface area contributed by atoms with Gasteiger partial charge in [-0.2, -0.15) is 0 Å². The van der Waals surface area contributed by atoms with Crippen LogP contribution in [0.4, 0.5) is 4.79 Å². The van der Waals surface area contributed by atoms with Crippen molar-refractivity contribution in [1.29, 1.82) is 0 Å². The number of ether oxygens (including phenoxy) is 2. The SMILES string of the molecule is CCCCOc1ccc(CC(C(C)=O)N(C)C(=O)OC)cc1. The summed E-state index contributed by atoms with van der Waals surface area (Å²) in [6.45, 7) is 4.30. The van der Waals surface area contributed by atoms with Crippen molar-refractivity contribution in [2.75, 3.05) is 20.8 Å².